The second-order valence-electron chi connectivity index (χ2n) is 7.10. The maximum atomic E-state index is 13.2. The van der Waals surface area contributed by atoms with Gasteiger partial charge < -0.3 is 15.0 Å². The minimum Gasteiger partial charge on any atom is -0.494 e. The second-order valence-corrected chi connectivity index (χ2v) is 7.10. The van der Waals surface area contributed by atoms with E-state index in [9.17, 15) is 9.59 Å². The van der Waals surface area contributed by atoms with Crippen molar-refractivity contribution in [1.82, 2.24) is 5.32 Å². The van der Waals surface area contributed by atoms with Crippen LogP contribution < -0.4 is 15.0 Å². The fraction of sp³-hybridized carbons (Fsp3) is 0.391. The van der Waals surface area contributed by atoms with Gasteiger partial charge in [0, 0.05) is 23.7 Å². The van der Waals surface area contributed by atoms with Crippen LogP contribution in [0, 0.1) is 0 Å². The largest absolute Gasteiger partial charge is 0.494 e. The molecule has 2 aromatic rings. The predicted molar refractivity (Wildman–Crippen MR) is 110 cm³/mol. The molecule has 148 valence electrons. The maximum Gasteiger partial charge on any atom is 0.254 e. The molecule has 0 unspecified atom stereocenters. The second kappa shape index (κ2) is 8.91. The van der Waals surface area contributed by atoms with Crippen LogP contribution in [0.2, 0.25) is 0 Å². The van der Waals surface area contributed by atoms with Crippen LogP contribution in [0.4, 0.5) is 5.69 Å². The number of anilines is 1. The molecule has 5 nitrogen and oxygen atoms in total. The summed E-state index contributed by atoms with van der Waals surface area (Å²) in [5.74, 6) is 0.464. The summed E-state index contributed by atoms with van der Waals surface area (Å²) in [4.78, 5) is 26.6. The fourth-order valence-electron chi connectivity index (χ4n) is 3.63. The maximum absolute atomic E-state index is 13.2. The van der Waals surface area contributed by atoms with Crippen LogP contribution in [-0.2, 0) is 22.6 Å². The number of amides is 2. The van der Waals surface area contributed by atoms with Gasteiger partial charge in [0.25, 0.3) is 5.91 Å². The Bertz CT molecular complexity index is 863. The molecule has 0 aromatic heterocycles. The number of carbonyl (C=O) groups excluding carboxylic acids is 2. The Labute approximate surface area is 166 Å². The number of nitrogens with zero attached hydrogens (tertiary/aromatic N) is 1. The Morgan fingerprint density at radius 3 is 2.68 bits per heavy atom. The number of rotatable bonds is 8. The standard InChI is InChI=1S/C23H28N2O3/c1-4-6-9-17-12-13-20-19(14-17)22(24-16(3)26)23(27)25(20)15-18-10-7-8-11-21(18)28-5-2/h7-8,10-14,22H,4-6,9,15H2,1-3H3,(H,24,26)/t22-/m1/s1. The van der Waals surface area contributed by atoms with Gasteiger partial charge in [0.2, 0.25) is 5.91 Å². The molecular weight excluding hydrogens is 352 g/mol. The first kappa shape index (κ1) is 19.9. The number of unbranched alkanes of at least 4 members (excludes halogenated alkanes) is 1. The van der Waals surface area contributed by atoms with E-state index in [1.54, 1.807) is 4.90 Å². The number of para-hydroxylation sites is 1. The SMILES string of the molecule is CCCCc1ccc2c(c1)[C@@H](NC(C)=O)C(=O)N2Cc1ccccc1OCC. The average molecular weight is 380 g/mol. The van der Waals surface area contributed by atoms with Crippen molar-refractivity contribution in [3.8, 4) is 5.75 Å². The van der Waals surface area contributed by atoms with E-state index in [4.69, 9.17) is 4.74 Å². The van der Waals surface area contributed by atoms with E-state index in [2.05, 4.69) is 24.4 Å². The number of fused-ring (bicyclic) bond motifs is 1. The van der Waals surface area contributed by atoms with E-state index >= 15 is 0 Å². The number of carbonyl (C=O) groups is 2. The van der Waals surface area contributed by atoms with Crippen LogP contribution in [0.15, 0.2) is 42.5 Å². The number of benzene rings is 2. The van der Waals surface area contributed by atoms with Crippen molar-refractivity contribution in [3.05, 3.63) is 59.2 Å². The summed E-state index contributed by atoms with van der Waals surface area (Å²) in [5.41, 5.74) is 3.88. The van der Waals surface area contributed by atoms with Crippen LogP contribution >= 0.6 is 0 Å². The normalized spacial score (nSPS) is 15.5. The monoisotopic (exact) mass is 380 g/mol. The summed E-state index contributed by atoms with van der Waals surface area (Å²) in [6.45, 7) is 6.52. The molecule has 0 radical (unpaired) electrons. The molecule has 1 aliphatic rings. The highest BCUT2D eigenvalue weighted by atomic mass is 16.5. The van der Waals surface area contributed by atoms with Gasteiger partial charge in [-0.2, -0.15) is 0 Å². The highest BCUT2D eigenvalue weighted by Crippen LogP contribution is 2.38. The zero-order chi connectivity index (χ0) is 20.1. The first-order valence-electron chi connectivity index (χ1n) is 9.97. The summed E-state index contributed by atoms with van der Waals surface area (Å²) in [6.07, 6.45) is 3.19. The van der Waals surface area contributed by atoms with Gasteiger partial charge in [-0.3, -0.25) is 9.59 Å². The summed E-state index contributed by atoms with van der Waals surface area (Å²) >= 11 is 0. The molecule has 0 spiro atoms. The van der Waals surface area contributed by atoms with Gasteiger partial charge in [0.05, 0.1) is 13.2 Å². The van der Waals surface area contributed by atoms with Gasteiger partial charge >= 0.3 is 0 Å². The molecule has 0 saturated carbocycles. The smallest absolute Gasteiger partial charge is 0.254 e. The molecule has 0 aliphatic carbocycles. The van der Waals surface area contributed by atoms with E-state index < -0.39 is 6.04 Å². The minimum absolute atomic E-state index is 0.107. The number of hydrogen-bond acceptors (Lipinski definition) is 3. The first-order valence-corrected chi connectivity index (χ1v) is 9.97. The Morgan fingerprint density at radius 1 is 1.18 bits per heavy atom. The third-order valence-electron chi connectivity index (χ3n) is 4.97. The quantitative estimate of drug-likeness (QED) is 0.748. The zero-order valence-corrected chi connectivity index (χ0v) is 16.8. The lowest BCUT2D eigenvalue weighted by atomic mass is 10.0. The Morgan fingerprint density at radius 2 is 1.96 bits per heavy atom. The fourth-order valence-corrected chi connectivity index (χ4v) is 3.63. The summed E-state index contributed by atoms with van der Waals surface area (Å²) in [7, 11) is 0. The van der Waals surface area contributed by atoms with Gasteiger partial charge in [-0.25, -0.2) is 0 Å². The minimum atomic E-state index is -0.631. The number of hydrogen-bond donors (Lipinski definition) is 1. The topological polar surface area (TPSA) is 58.6 Å². The van der Waals surface area contributed by atoms with Gasteiger partial charge in [-0.15, -0.1) is 0 Å². The van der Waals surface area contributed by atoms with Gasteiger partial charge in [-0.1, -0.05) is 43.7 Å². The molecule has 2 aromatic carbocycles. The van der Waals surface area contributed by atoms with Crippen molar-refractivity contribution in [2.75, 3.05) is 11.5 Å². The van der Waals surface area contributed by atoms with Crippen molar-refractivity contribution >= 4 is 17.5 Å². The lowest BCUT2D eigenvalue weighted by Gasteiger charge is -2.20. The molecule has 5 heteroatoms. The molecule has 0 bridgehead atoms. The van der Waals surface area contributed by atoms with Gasteiger partial charge in [0.1, 0.15) is 11.8 Å². The summed E-state index contributed by atoms with van der Waals surface area (Å²) in [6, 6.07) is 13.3. The van der Waals surface area contributed by atoms with E-state index in [0.29, 0.717) is 13.2 Å². The molecule has 1 aliphatic heterocycles. The number of nitrogens with one attached hydrogen (secondary N) is 1. The van der Waals surface area contributed by atoms with Gasteiger partial charge in [0.15, 0.2) is 0 Å². The Balaban J connectivity index is 1.95. The van der Waals surface area contributed by atoms with Crippen molar-refractivity contribution in [3.63, 3.8) is 0 Å². The average Bonchev–Trinajstić information content (AvgIpc) is 2.93. The molecule has 2 amide bonds. The van der Waals surface area contributed by atoms with Crippen LogP contribution in [0.25, 0.3) is 0 Å². The van der Waals surface area contributed by atoms with E-state index in [-0.39, 0.29) is 11.8 Å². The van der Waals surface area contributed by atoms with E-state index in [1.807, 2.05) is 37.3 Å². The molecule has 1 heterocycles. The highest BCUT2D eigenvalue weighted by Gasteiger charge is 2.38. The van der Waals surface area contributed by atoms with Crippen LogP contribution in [0.1, 0.15) is 56.3 Å². The highest BCUT2D eigenvalue weighted by molar-refractivity contribution is 6.06. The van der Waals surface area contributed by atoms with Crippen molar-refractivity contribution in [1.29, 1.82) is 0 Å². The number of aryl methyl sites for hydroxylation is 1. The molecular formula is C23H28N2O3. The summed E-state index contributed by atoms with van der Waals surface area (Å²) < 4.78 is 5.72. The molecule has 1 atom stereocenters. The van der Waals surface area contributed by atoms with Crippen molar-refractivity contribution in [2.45, 2.75) is 52.6 Å². The predicted octanol–water partition coefficient (Wildman–Crippen LogP) is 4.15. The third kappa shape index (κ3) is 4.19. The lowest BCUT2D eigenvalue weighted by molar-refractivity contribution is -0.126. The van der Waals surface area contributed by atoms with E-state index in [1.165, 1.54) is 12.5 Å². The van der Waals surface area contributed by atoms with Gasteiger partial charge in [-0.05, 0) is 37.5 Å². The van der Waals surface area contributed by atoms with Crippen LogP contribution in [0.3, 0.4) is 0 Å². The zero-order valence-electron chi connectivity index (χ0n) is 16.8. The van der Waals surface area contributed by atoms with E-state index in [0.717, 1.165) is 41.8 Å². The van der Waals surface area contributed by atoms with Crippen molar-refractivity contribution in [2.24, 2.45) is 0 Å². The van der Waals surface area contributed by atoms with Crippen molar-refractivity contribution < 1.29 is 14.3 Å². The Kier molecular flexibility index (Phi) is 6.34. The molecule has 28 heavy (non-hydrogen) atoms. The number of ether oxygens (including phenoxy) is 1. The molecule has 3 rings (SSSR count). The Hall–Kier alpha value is -2.82. The third-order valence-corrected chi connectivity index (χ3v) is 4.97. The lowest BCUT2D eigenvalue weighted by Crippen LogP contribution is -2.36. The summed E-state index contributed by atoms with van der Waals surface area (Å²) in [5, 5.41) is 2.83. The molecule has 0 saturated heterocycles. The molecule has 0 fully saturated rings. The van der Waals surface area contributed by atoms with Crippen LogP contribution in [-0.4, -0.2) is 18.4 Å². The first-order chi connectivity index (χ1) is 13.5. The van der Waals surface area contributed by atoms with Crippen LogP contribution in [0.5, 0.6) is 5.75 Å². The molecule has 1 N–H and O–H groups in total.